The molecule has 0 unspecified atom stereocenters. The first-order chi connectivity index (χ1) is 7.15. The Morgan fingerprint density at radius 3 is 2.67 bits per heavy atom. The number of aliphatic imine (C=N–C) groups is 1. The minimum atomic E-state index is 0.575. The van der Waals surface area contributed by atoms with Crippen molar-refractivity contribution < 1.29 is 0 Å². The Kier molecular flexibility index (Phi) is 4.54. The van der Waals surface area contributed by atoms with Gasteiger partial charge in [0.2, 0.25) is 0 Å². The molecule has 1 aromatic rings. The molecule has 0 aromatic heterocycles. The molecule has 0 bridgehead atoms. The van der Waals surface area contributed by atoms with Crippen LogP contribution < -0.4 is 0 Å². The highest BCUT2D eigenvalue weighted by Gasteiger charge is 2.01. The number of rotatable bonds is 4. The molecule has 0 fully saturated rings. The van der Waals surface area contributed by atoms with Crippen molar-refractivity contribution in [1.29, 1.82) is 0 Å². The van der Waals surface area contributed by atoms with Crippen molar-refractivity contribution in [2.24, 2.45) is 4.99 Å². The first kappa shape index (κ1) is 12.0. The molecular formula is C14H21N. The summed E-state index contributed by atoms with van der Waals surface area (Å²) in [6, 6.07) is 6.55. The summed E-state index contributed by atoms with van der Waals surface area (Å²) in [5.74, 6) is 0.575. The standard InChI is InChI=1S/C14H21N/c1-5-6-9-15-14-10-13(11(2)3)8-7-12(14)4/h7-11H,5-6H2,1-4H3. The fourth-order valence-electron chi connectivity index (χ4n) is 1.42. The second kappa shape index (κ2) is 5.69. The average molecular weight is 203 g/mol. The summed E-state index contributed by atoms with van der Waals surface area (Å²) in [6.45, 7) is 8.71. The van der Waals surface area contributed by atoms with Gasteiger partial charge in [-0.3, -0.25) is 4.99 Å². The van der Waals surface area contributed by atoms with Gasteiger partial charge >= 0.3 is 0 Å². The normalized spacial score (nSPS) is 11.5. The van der Waals surface area contributed by atoms with Crippen molar-refractivity contribution in [2.45, 2.75) is 46.5 Å². The van der Waals surface area contributed by atoms with E-state index in [0.717, 1.165) is 18.5 Å². The summed E-state index contributed by atoms with van der Waals surface area (Å²) in [5.41, 5.74) is 3.74. The van der Waals surface area contributed by atoms with Crippen molar-refractivity contribution >= 4 is 11.9 Å². The second-order valence-corrected chi connectivity index (χ2v) is 4.30. The fraction of sp³-hybridized carbons (Fsp3) is 0.500. The Morgan fingerprint density at radius 2 is 2.07 bits per heavy atom. The molecular weight excluding hydrogens is 182 g/mol. The molecule has 1 aromatic carbocycles. The molecule has 0 saturated heterocycles. The summed E-state index contributed by atoms with van der Waals surface area (Å²) in [4.78, 5) is 4.51. The van der Waals surface area contributed by atoms with Gasteiger partial charge in [-0.05, 0) is 36.5 Å². The van der Waals surface area contributed by atoms with Gasteiger partial charge in [0.05, 0.1) is 5.69 Å². The van der Waals surface area contributed by atoms with Gasteiger partial charge in [-0.15, -0.1) is 0 Å². The van der Waals surface area contributed by atoms with E-state index in [9.17, 15) is 0 Å². The van der Waals surface area contributed by atoms with E-state index in [2.05, 4.69) is 50.9 Å². The van der Waals surface area contributed by atoms with Gasteiger partial charge in [-0.25, -0.2) is 0 Å². The molecule has 0 heterocycles. The third-order valence-electron chi connectivity index (χ3n) is 2.55. The lowest BCUT2D eigenvalue weighted by Gasteiger charge is -2.07. The molecule has 0 aliphatic heterocycles. The van der Waals surface area contributed by atoms with Gasteiger partial charge in [0.25, 0.3) is 0 Å². The molecule has 1 heteroatoms. The maximum Gasteiger partial charge on any atom is 0.0657 e. The number of aryl methyl sites for hydroxylation is 1. The minimum Gasteiger partial charge on any atom is -0.261 e. The van der Waals surface area contributed by atoms with Crippen molar-refractivity contribution in [1.82, 2.24) is 0 Å². The van der Waals surface area contributed by atoms with E-state index in [0.29, 0.717) is 5.92 Å². The smallest absolute Gasteiger partial charge is 0.0657 e. The van der Waals surface area contributed by atoms with E-state index in [1.165, 1.54) is 11.1 Å². The Hall–Kier alpha value is -1.11. The van der Waals surface area contributed by atoms with E-state index >= 15 is 0 Å². The molecule has 15 heavy (non-hydrogen) atoms. The highest BCUT2D eigenvalue weighted by atomic mass is 14.7. The van der Waals surface area contributed by atoms with Crippen LogP contribution in [0.15, 0.2) is 23.2 Å². The summed E-state index contributed by atoms with van der Waals surface area (Å²) >= 11 is 0. The summed E-state index contributed by atoms with van der Waals surface area (Å²) in [5, 5.41) is 0. The van der Waals surface area contributed by atoms with E-state index in [4.69, 9.17) is 0 Å². The molecule has 0 N–H and O–H groups in total. The zero-order chi connectivity index (χ0) is 11.3. The van der Waals surface area contributed by atoms with Crippen molar-refractivity contribution in [3.63, 3.8) is 0 Å². The molecule has 0 radical (unpaired) electrons. The minimum absolute atomic E-state index is 0.575. The third-order valence-corrected chi connectivity index (χ3v) is 2.55. The van der Waals surface area contributed by atoms with Gasteiger partial charge in [0, 0.05) is 6.21 Å². The van der Waals surface area contributed by atoms with Crippen LogP contribution in [0.3, 0.4) is 0 Å². The first-order valence-electron chi connectivity index (χ1n) is 5.78. The van der Waals surface area contributed by atoms with E-state index in [-0.39, 0.29) is 0 Å². The number of hydrogen-bond donors (Lipinski definition) is 0. The zero-order valence-electron chi connectivity index (χ0n) is 10.2. The lowest BCUT2D eigenvalue weighted by Crippen LogP contribution is -1.87. The second-order valence-electron chi connectivity index (χ2n) is 4.30. The third kappa shape index (κ3) is 3.50. The molecule has 0 atom stereocenters. The van der Waals surface area contributed by atoms with Crippen molar-refractivity contribution in [3.05, 3.63) is 29.3 Å². The van der Waals surface area contributed by atoms with Crippen molar-refractivity contribution in [2.75, 3.05) is 0 Å². The quantitative estimate of drug-likeness (QED) is 0.633. The van der Waals surface area contributed by atoms with Crippen LogP contribution in [0.1, 0.15) is 50.7 Å². The zero-order valence-corrected chi connectivity index (χ0v) is 10.2. The summed E-state index contributed by atoms with van der Waals surface area (Å²) in [7, 11) is 0. The molecule has 1 rings (SSSR count). The summed E-state index contributed by atoms with van der Waals surface area (Å²) in [6.07, 6.45) is 4.24. The Bertz CT molecular complexity index is 337. The van der Waals surface area contributed by atoms with Gasteiger partial charge < -0.3 is 0 Å². The number of benzene rings is 1. The average Bonchev–Trinajstić information content (AvgIpc) is 2.20. The predicted octanol–water partition coefficient (Wildman–Crippen LogP) is 4.62. The molecule has 0 spiro atoms. The lowest BCUT2D eigenvalue weighted by atomic mass is 10.0. The van der Waals surface area contributed by atoms with Crippen LogP contribution in [0.25, 0.3) is 0 Å². The maximum absolute atomic E-state index is 4.51. The van der Waals surface area contributed by atoms with Gasteiger partial charge in [-0.2, -0.15) is 0 Å². The predicted molar refractivity (Wildman–Crippen MR) is 68.3 cm³/mol. The van der Waals surface area contributed by atoms with Gasteiger partial charge in [0.15, 0.2) is 0 Å². The van der Waals surface area contributed by atoms with E-state index in [1.54, 1.807) is 0 Å². The topological polar surface area (TPSA) is 12.4 Å². The fourth-order valence-corrected chi connectivity index (χ4v) is 1.42. The molecule has 0 aliphatic carbocycles. The first-order valence-corrected chi connectivity index (χ1v) is 5.78. The van der Waals surface area contributed by atoms with Crippen molar-refractivity contribution in [3.8, 4) is 0 Å². The van der Waals surface area contributed by atoms with Crippen LogP contribution in [-0.4, -0.2) is 6.21 Å². The Morgan fingerprint density at radius 1 is 1.33 bits per heavy atom. The molecule has 0 amide bonds. The molecule has 0 saturated carbocycles. The Balaban J connectivity index is 2.90. The van der Waals surface area contributed by atoms with E-state index in [1.807, 2.05) is 6.21 Å². The van der Waals surface area contributed by atoms with E-state index < -0.39 is 0 Å². The number of hydrogen-bond acceptors (Lipinski definition) is 1. The molecule has 1 nitrogen and oxygen atoms in total. The number of nitrogens with zero attached hydrogens (tertiary/aromatic N) is 1. The van der Waals surface area contributed by atoms with Crippen LogP contribution in [0.4, 0.5) is 5.69 Å². The Labute approximate surface area is 93.2 Å². The van der Waals surface area contributed by atoms with Gasteiger partial charge in [-0.1, -0.05) is 39.3 Å². The highest BCUT2D eigenvalue weighted by Crippen LogP contribution is 2.24. The largest absolute Gasteiger partial charge is 0.261 e. The van der Waals surface area contributed by atoms with Crippen LogP contribution >= 0.6 is 0 Å². The molecule has 82 valence electrons. The van der Waals surface area contributed by atoms with Crippen LogP contribution in [0.2, 0.25) is 0 Å². The SMILES string of the molecule is CCCC=Nc1cc(C(C)C)ccc1C. The summed E-state index contributed by atoms with van der Waals surface area (Å²) < 4.78 is 0. The maximum atomic E-state index is 4.51. The van der Waals surface area contributed by atoms with Crippen LogP contribution in [0.5, 0.6) is 0 Å². The van der Waals surface area contributed by atoms with Crippen LogP contribution in [-0.2, 0) is 0 Å². The molecule has 0 aliphatic rings. The number of unbranched alkanes of at least 4 members (excludes halogenated alkanes) is 1. The van der Waals surface area contributed by atoms with Gasteiger partial charge in [0.1, 0.15) is 0 Å². The highest BCUT2D eigenvalue weighted by molar-refractivity contribution is 5.65. The monoisotopic (exact) mass is 203 g/mol. The lowest BCUT2D eigenvalue weighted by molar-refractivity contribution is 0.866. The van der Waals surface area contributed by atoms with Crippen LogP contribution in [0, 0.1) is 6.92 Å².